The molecule has 0 radical (unpaired) electrons. The Morgan fingerprint density at radius 3 is 1.38 bits per heavy atom. The normalized spacial score (nSPS) is 25.9. The predicted octanol–water partition coefficient (Wildman–Crippen LogP) is 9.28. The summed E-state index contributed by atoms with van der Waals surface area (Å²) in [4.78, 5) is 13.1. The highest BCUT2D eigenvalue weighted by molar-refractivity contribution is 5.76. The first-order valence-electron chi connectivity index (χ1n) is 29.1. The maximum absolute atomic E-state index is 13.1. The molecule has 14 nitrogen and oxygen atoms in total. The first-order chi connectivity index (χ1) is 34.6. The number of allylic oxidation sites excluding steroid dienone is 3. The summed E-state index contributed by atoms with van der Waals surface area (Å²) < 4.78 is 22.7. The molecule has 9 N–H and O–H groups in total. The van der Waals surface area contributed by atoms with E-state index in [1.807, 2.05) is 6.08 Å². The van der Waals surface area contributed by atoms with E-state index in [1.54, 1.807) is 6.08 Å². The van der Waals surface area contributed by atoms with Gasteiger partial charge in [-0.15, -0.1) is 0 Å². The van der Waals surface area contributed by atoms with Gasteiger partial charge in [0.2, 0.25) is 5.91 Å². The van der Waals surface area contributed by atoms with E-state index < -0.39 is 86.8 Å². The van der Waals surface area contributed by atoms with E-state index in [-0.39, 0.29) is 18.9 Å². The summed E-state index contributed by atoms with van der Waals surface area (Å²) >= 11 is 0. The van der Waals surface area contributed by atoms with Crippen molar-refractivity contribution < 1.29 is 64.6 Å². The lowest BCUT2D eigenvalue weighted by Crippen LogP contribution is -2.65. The van der Waals surface area contributed by atoms with Crippen molar-refractivity contribution in [3.05, 3.63) is 24.3 Å². The van der Waals surface area contributed by atoms with Gasteiger partial charge in [0.05, 0.1) is 32.0 Å². The number of carbonyl (C=O) groups excluding carboxylic acids is 1. The summed E-state index contributed by atoms with van der Waals surface area (Å²) in [5, 5.41) is 86.8. The van der Waals surface area contributed by atoms with Gasteiger partial charge in [0.15, 0.2) is 12.6 Å². The zero-order chi connectivity index (χ0) is 51.7. The van der Waals surface area contributed by atoms with Gasteiger partial charge in [-0.2, -0.15) is 0 Å². The van der Waals surface area contributed by atoms with E-state index in [4.69, 9.17) is 18.9 Å². The Kier molecular flexibility index (Phi) is 40.4. The molecule has 0 bridgehead atoms. The van der Waals surface area contributed by atoms with Gasteiger partial charge < -0.3 is 65.1 Å². The predicted molar refractivity (Wildman–Crippen MR) is 282 cm³/mol. The number of amides is 1. The van der Waals surface area contributed by atoms with Gasteiger partial charge in [-0.05, 0) is 32.1 Å². The summed E-state index contributed by atoms with van der Waals surface area (Å²) in [6, 6.07) is -0.926. The molecule has 0 saturated carbocycles. The number of unbranched alkanes of at least 4 members (excludes halogenated alkanes) is 31. The molecule has 2 saturated heterocycles. The minimum absolute atomic E-state index is 0.251. The van der Waals surface area contributed by atoms with Crippen molar-refractivity contribution in [2.45, 2.75) is 312 Å². The Balaban J connectivity index is 1.70. The SMILES string of the molecule is CCCCCCCCCCCCCCCCCCCCCCCC/C=C/CC/C=C/C(O)C(COC1OC(CO)C(OC2OC(CO)C(O)C(O)C2O)C(O)C1O)NC(=O)CCCCCCCCCCC. The summed E-state index contributed by atoms with van der Waals surface area (Å²) in [6.45, 7) is 2.76. The van der Waals surface area contributed by atoms with E-state index in [2.05, 4.69) is 31.3 Å². The minimum atomic E-state index is -1.79. The molecule has 2 rings (SSSR count). The molecule has 71 heavy (non-hydrogen) atoms. The molecule has 0 aliphatic carbocycles. The van der Waals surface area contributed by atoms with Crippen molar-refractivity contribution >= 4 is 5.91 Å². The van der Waals surface area contributed by atoms with E-state index in [1.165, 1.54) is 173 Å². The quantitative estimate of drug-likeness (QED) is 0.0205. The van der Waals surface area contributed by atoms with Crippen LogP contribution in [0.25, 0.3) is 0 Å². The second kappa shape index (κ2) is 43.7. The fraction of sp³-hybridized carbons (Fsp3) is 0.912. The van der Waals surface area contributed by atoms with Crippen LogP contribution in [0.5, 0.6) is 0 Å². The smallest absolute Gasteiger partial charge is 0.220 e. The zero-order valence-electron chi connectivity index (χ0n) is 44.7. The summed E-state index contributed by atoms with van der Waals surface area (Å²) in [5.41, 5.74) is 0. The second-order valence-electron chi connectivity index (χ2n) is 20.8. The first kappa shape index (κ1) is 65.6. The minimum Gasteiger partial charge on any atom is -0.394 e. The lowest BCUT2D eigenvalue weighted by atomic mass is 9.97. The molecule has 0 aromatic rings. The summed E-state index contributed by atoms with van der Waals surface area (Å²) in [6.07, 6.45) is 34.0. The fourth-order valence-corrected chi connectivity index (χ4v) is 9.66. The van der Waals surface area contributed by atoms with Crippen LogP contribution in [-0.4, -0.2) is 140 Å². The van der Waals surface area contributed by atoms with E-state index >= 15 is 0 Å². The van der Waals surface area contributed by atoms with Crippen LogP contribution >= 0.6 is 0 Å². The van der Waals surface area contributed by atoms with Gasteiger partial charge in [0.1, 0.15) is 48.8 Å². The number of aliphatic hydroxyl groups is 8. The molecule has 12 unspecified atom stereocenters. The topological polar surface area (TPSA) is 228 Å². The van der Waals surface area contributed by atoms with Crippen LogP contribution in [0, 0.1) is 0 Å². The van der Waals surface area contributed by atoms with Crippen molar-refractivity contribution in [3.8, 4) is 0 Å². The van der Waals surface area contributed by atoms with E-state index in [0.29, 0.717) is 12.8 Å². The van der Waals surface area contributed by atoms with Crippen LogP contribution in [0.2, 0.25) is 0 Å². The van der Waals surface area contributed by atoms with Gasteiger partial charge >= 0.3 is 0 Å². The number of hydrogen-bond acceptors (Lipinski definition) is 13. The lowest BCUT2D eigenvalue weighted by Gasteiger charge is -2.46. The maximum Gasteiger partial charge on any atom is 0.220 e. The molecule has 2 aliphatic heterocycles. The third-order valence-corrected chi connectivity index (χ3v) is 14.4. The largest absolute Gasteiger partial charge is 0.394 e. The monoisotopic (exact) mass is 1010 g/mol. The molecule has 0 aromatic heterocycles. The van der Waals surface area contributed by atoms with Crippen molar-refractivity contribution in [1.29, 1.82) is 0 Å². The summed E-state index contributed by atoms with van der Waals surface area (Å²) in [5.74, 6) is -0.251. The molecule has 0 spiro atoms. The Labute approximate surface area is 430 Å². The van der Waals surface area contributed by atoms with Crippen LogP contribution < -0.4 is 5.32 Å². The first-order valence-corrected chi connectivity index (χ1v) is 29.1. The van der Waals surface area contributed by atoms with Gasteiger partial charge in [0, 0.05) is 6.42 Å². The molecular weight excluding hydrogens is 907 g/mol. The number of aliphatic hydroxyl groups excluding tert-OH is 8. The van der Waals surface area contributed by atoms with Crippen LogP contribution in [0.3, 0.4) is 0 Å². The molecule has 12 atom stereocenters. The van der Waals surface area contributed by atoms with Crippen LogP contribution in [0.1, 0.15) is 239 Å². The highest BCUT2D eigenvalue weighted by Gasteiger charge is 2.51. The summed E-state index contributed by atoms with van der Waals surface area (Å²) in [7, 11) is 0. The highest BCUT2D eigenvalue weighted by Crippen LogP contribution is 2.30. The Bertz CT molecular complexity index is 1290. The third kappa shape index (κ3) is 30.0. The van der Waals surface area contributed by atoms with Crippen molar-refractivity contribution in [2.24, 2.45) is 0 Å². The Hall–Kier alpha value is -1.53. The van der Waals surface area contributed by atoms with Gasteiger partial charge in [-0.25, -0.2) is 0 Å². The molecule has 0 aromatic carbocycles. The van der Waals surface area contributed by atoms with Crippen LogP contribution in [0.4, 0.5) is 0 Å². The average molecular weight is 1010 g/mol. The lowest BCUT2D eigenvalue weighted by molar-refractivity contribution is -0.359. The van der Waals surface area contributed by atoms with Crippen LogP contribution in [0.15, 0.2) is 24.3 Å². The molecule has 2 fully saturated rings. The number of nitrogens with one attached hydrogen (secondary N) is 1. The zero-order valence-corrected chi connectivity index (χ0v) is 44.7. The standard InChI is InChI=1S/C57H107NO13/c1-3-5-7-9-11-13-14-15-16-17-18-19-20-21-22-23-24-25-26-27-28-29-30-31-33-34-36-38-40-46(61)45(58-49(62)41-39-37-35-32-12-10-8-6-4-2)44-68-56-54(67)52(65)55(48(43-60)70-56)71-57-53(66)51(64)50(63)47(42-59)69-57/h31,33,38,40,45-48,50-57,59-61,63-67H,3-30,32,34-37,39,41-44H2,1-2H3,(H,58,62)/b33-31+,40-38+. The van der Waals surface area contributed by atoms with E-state index in [0.717, 1.165) is 32.1 Å². The fourth-order valence-electron chi connectivity index (χ4n) is 9.66. The third-order valence-electron chi connectivity index (χ3n) is 14.4. The number of hydrogen-bond donors (Lipinski definition) is 9. The van der Waals surface area contributed by atoms with Crippen LogP contribution in [-0.2, 0) is 23.7 Å². The molecule has 1 amide bonds. The van der Waals surface area contributed by atoms with Crippen molar-refractivity contribution in [3.63, 3.8) is 0 Å². The molecule has 14 heteroatoms. The number of rotatable bonds is 46. The van der Waals surface area contributed by atoms with E-state index in [9.17, 15) is 45.6 Å². The Morgan fingerprint density at radius 2 is 0.901 bits per heavy atom. The number of carbonyl (C=O) groups is 1. The van der Waals surface area contributed by atoms with Crippen molar-refractivity contribution in [1.82, 2.24) is 5.32 Å². The second-order valence-corrected chi connectivity index (χ2v) is 20.8. The van der Waals surface area contributed by atoms with Gasteiger partial charge in [0.25, 0.3) is 0 Å². The molecule has 2 aliphatic rings. The average Bonchev–Trinajstić information content (AvgIpc) is 3.37. The highest BCUT2D eigenvalue weighted by atomic mass is 16.7. The molecular formula is C57H107NO13. The molecule has 2 heterocycles. The molecule has 418 valence electrons. The van der Waals surface area contributed by atoms with Gasteiger partial charge in [-0.3, -0.25) is 4.79 Å². The Morgan fingerprint density at radius 1 is 0.493 bits per heavy atom. The van der Waals surface area contributed by atoms with Crippen molar-refractivity contribution in [2.75, 3.05) is 19.8 Å². The number of ether oxygens (including phenoxy) is 4. The maximum atomic E-state index is 13.1. The van der Waals surface area contributed by atoms with Gasteiger partial charge in [-0.1, -0.05) is 224 Å².